The average molecular weight is 465 g/mol. The van der Waals surface area contributed by atoms with E-state index in [0.717, 1.165) is 24.0 Å². The Morgan fingerprint density at radius 3 is 2.24 bits per heavy atom. The summed E-state index contributed by atoms with van der Waals surface area (Å²) in [7, 11) is 0. The van der Waals surface area contributed by atoms with Gasteiger partial charge in [-0.2, -0.15) is 0 Å². The van der Waals surface area contributed by atoms with Crippen LogP contribution in [0.1, 0.15) is 56.6 Å². The lowest BCUT2D eigenvalue weighted by Gasteiger charge is -2.45. The van der Waals surface area contributed by atoms with Crippen LogP contribution in [0.2, 0.25) is 0 Å². The monoisotopic (exact) mass is 464 g/mol. The molecule has 2 aromatic carbocycles. The van der Waals surface area contributed by atoms with Gasteiger partial charge in [0.2, 0.25) is 5.91 Å². The number of unbranched alkanes of at least 4 members (excludes halogenated alkanes) is 1. The molecule has 1 unspecified atom stereocenters. The molecule has 0 saturated carbocycles. The van der Waals surface area contributed by atoms with E-state index >= 15 is 0 Å². The van der Waals surface area contributed by atoms with Crippen LogP contribution in [-0.4, -0.2) is 53.7 Å². The minimum Gasteiger partial charge on any atom is -0.481 e. The second-order valence-electron chi connectivity index (χ2n) is 9.63. The van der Waals surface area contributed by atoms with Crippen LogP contribution in [0.25, 0.3) is 11.1 Å². The first-order chi connectivity index (χ1) is 16.3. The van der Waals surface area contributed by atoms with Crippen molar-refractivity contribution in [3.63, 3.8) is 0 Å². The van der Waals surface area contributed by atoms with Gasteiger partial charge < -0.3 is 20.1 Å². The minimum atomic E-state index is -0.893. The molecule has 7 heteroatoms. The number of alkyl carbamates (subject to hydrolysis) is 1. The summed E-state index contributed by atoms with van der Waals surface area (Å²) in [4.78, 5) is 38.2. The molecule has 4 rings (SSSR count). The summed E-state index contributed by atoms with van der Waals surface area (Å²) in [6.45, 7) is 4.32. The Bertz CT molecular complexity index is 1030. The lowest BCUT2D eigenvalue weighted by molar-refractivity contribution is -0.164. The minimum absolute atomic E-state index is 0.0244. The summed E-state index contributed by atoms with van der Waals surface area (Å²) in [5, 5.41) is 12.1. The smallest absolute Gasteiger partial charge is 0.407 e. The summed E-state index contributed by atoms with van der Waals surface area (Å²) in [5.74, 6) is -1.06. The zero-order valence-electron chi connectivity index (χ0n) is 19.8. The highest BCUT2D eigenvalue weighted by Gasteiger charge is 2.47. The highest BCUT2D eigenvalue weighted by atomic mass is 16.5. The van der Waals surface area contributed by atoms with E-state index in [1.54, 1.807) is 11.8 Å². The molecule has 0 radical (unpaired) electrons. The number of fused-ring (bicyclic) bond motifs is 3. The van der Waals surface area contributed by atoms with Gasteiger partial charge in [0, 0.05) is 31.5 Å². The first-order valence-electron chi connectivity index (χ1n) is 11.9. The fourth-order valence-electron chi connectivity index (χ4n) is 4.93. The molecule has 7 nitrogen and oxygen atoms in total. The Balaban J connectivity index is 1.35. The number of hydrogen-bond acceptors (Lipinski definition) is 4. The number of nitrogens with zero attached hydrogens (tertiary/aromatic N) is 1. The number of nitrogens with one attached hydrogen (secondary N) is 1. The maximum atomic E-state index is 12.7. The van der Waals surface area contributed by atoms with Crippen LogP contribution in [-0.2, 0) is 14.3 Å². The Hall–Kier alpha value is -3.35. The van der Waals surface area contributed by atoms with Crippen molar-refractivity contribution in [3.8, 4) is 11.1 Å². The van der Waals surface area contributed by atoms with Gasteiger partial charge in [-0.3, -0.25) is 9.59 Å². The van der Waals surface area contributed by atoms with Gasteiger partial charge in [0.15, 0.2) is 0 Å². The molecule has 2 aliphatic rings. The van der Waals surface area contributed by atoms with Gasteiger partial charge in [0.25, 0.3) is 0 Å². The van der Waals surface area contributed by atoms with Crippen molar-refractivity contribution in [1.82, 2.24) is 10.2 Å². The molecular weight excluding hydrogens is 432 g/mol. The van der Waals surface area contributed by atoms with Crippen molar-refractivity contribution in [2.24, 2.45) is 5.41 Å². The molecule has 1 atom stereocenters. The highest BCUT2D eigenvalue weighted by molar-refractivity contribution is 5.84. The van der Waals surface area contributed by atoms with E-state index in [1.165, 1.54) is 11.1 Å². The molecule has 1 fully saturated rings. The molecule has 2 aromatic rings. The van der Waals surface area contributed by atoms with Crippen LogP contribution >= 0.6 is 0 Å². The number of aliphatic carboxylic acids is 1. The Kier molecular flexibility index (Phi) is 6.91. The van der Waals surface area contributed by atoms with Crippen LogP contribution in [0.4, 0.5) is 4.79 Å². The third-order valence-electron chi connectivity index (χ3n) is 6.94. The van der Waals surface area contributed by atoms with Crippen LogP contribution < -0.4 is 5.32 Å². The van der Waals surface area contributed by atoms with E-state index in [-0.39, 0.29) is 44.0 Å². The number of benzene rings is 2. The predicted molar refractivity (Wildman–Crippen MR) is 128 cm³/mol. The number of carbonyl (C=O) groups excluding carboxylic acids is 2. The fourth-order valence-corrected chi connectivity index (χ4v) is 4.93. The van der Waals surface area contributed by atoms with Crippen molar-refractivity contribution in [2.45, 2.75) is 51.5 Å². The van der Waals surface area contributed by atoms with E-state index in [2.05, 4.69) is 36.5 Å². The summed E-state index contributed by atoms with van der Waals surface area (Å²) in [6, 6.07) is 16.0. The van der Waals surface area contributed by atoms with E-state index in [4.69, 9.17) is 4.74 Å². The molecule has 2 amide bonds. The number of carboxylic acids is 1. The normalized spacial score (nSPS) is 16.7. The number of rotatable bonds is 9. The number of carbonyl (C=O) groups is 3. The Morgan fingerprint density at radius 1 is 1.09 bits per heavy atom. The molecule has 1 aliphatic carbocycles. The maximum absolute atomic E-state index is 12.7. The van der Waals surface area contributed by atoms with Crippen LogP contribution in [0.15, 0.2) is 48.5 Å². The fraction of sp³-hybridized carbons (Fsp3) is 0.444. The van der Waals surface area contributed by atoms with Crippen molar-refractivity contribution >= 4 is 18.0 Å². The molecule has 1 aliphatic heterocycles. The number of likely N-dealkylation sites (tertiary alicyclic amines) is 1. The van der Waals surface area contributed by atoms with Gasteiger partial charge in [-0.05, 0) is 35.6 Å². The predicted octanol–water partition coefficient (Wildman–Crippen LogP) is 4.41. The van der Waals surface area contributed by atoms with E-state index in [0.29, 0.717) is 6.42 Å². The van der Waals surface area contributed by atoms with E-state index in [1.807, 2.05) is 24.3 Å². The van der Waals surface area contributed by atoms with Gasteiger partial charge in [-0.1, -0.05) is 68.3 Å². The number of carboxylic acid groups (broad SMARTS) is 1. The van der Waals surface area contributed by atoms with E-state index in [9.17, 15) is 19.5 Å². The SMILES string of the molecule is CCCCC(CC(=O)N1CC(C)(C(=O)O)C1)NC(=O)OCC1c2ccccc2-c2ccccc21. The zero-order chi connectivity index (χ0) is 24.3. The van der Waals surface area contributed by atoms with Gasteiger partial charge in [-0.15, -0.1) is 0 Å². The van der Waals surface area contributed by atoms with Crippen LogP contribution in [0.3, 0.4) is 0 Å². The lowest BCUT2D eigenvalue weighted by Crippen LogP contribution is -2.61. The summed E-state index contributed by atoms with van der Waals surface area (Å²) < 4.78 is 5.64. The maximum Gasteiger partial charge on any atom is 0.407 e. The standard InChI is InChI=1S/C27H32N2O5/c1-3-4-9-18(14-24(30)29-16-27(2,17-29)25(31)32)28-26(33)34-15-23-21-12-7-5-10-19(21)20-11-6-8-13-22(20)23/h5-8,10-13,18,23H,3-4,9,14-17H2,1-2H3,(H,28,33)(H,31,32). The second-order valence-corrected chi connectivity index (χ2v) is 9.63. The topological polar surface area (TPSA) is 95.9 Å². The molecule has 1 saturated heterocycles. The molecule has 2 N–H and O–H groups in total. The number of amides is 2. The lowest BCUT2D eigenvalue weighted by atomic mass is 9.81. The van der Waals surface area contributed by atoms with Gasteiger partial charge in [0.1, 0.15) is 6.61 Å². The molecule has 1 heterocycles. The van der Waals surface area contributed by atoms with Gasteiger partial charge in [0.05, 0.1) is 5.41 Å². The number of hydrogen-bond donors (Lipinski definition) is 2. The van der Waals surface area contributed by atoms with Crippen LogP contribution in [0, 0.1) is 5.41 Å². The molecule has 0 spiro atoms. The summed E-state index contributed by atoms with van der Waals surface area (Å²) in [5.41, 5.74) is 3.75. The summed E-state index contributed by atoms with van der Waals surface area (Å²) in [6.07, 6.45) is 2.08. The van der Waals surface area contributed by atoms with Gasteiger partial charge >= 0.3 is 12.1 Å². The number of ether oxygens (including phenoxy) is 1. The van der Waals surface area contributed by atoms with Crippen molar-refractivity contribution < 1.29 is 24.2 Å². The van der Waals surface area contributed by atoms with Crippen LogP contribution in [0.5, 0.6) is 0 Å². The quantitative estimate of drug-likeness (QED) is 0.573. The molecular formula is C27H32N2O5. The first-order valence-corrected chi connectivity index (χ1v) is 11.9. The summed E-state index contributed by atoms with van der Waals surface area (Å²) >= 11 is 0. The Labute approximate surface area is 200 Å². The van der Waals surface area contributed by atoms with Gasteiger partial charge in [-0.25, -0.2) is 4.79 Å². The Morgan fingerprint density at radius 2 is 1.68 bits per heavy atom. The van der Waals surface area contributed by atoms with Crippen molar-refractivity contribution in [3.05, 3.63) is 59.7 Å². The average Bonchev–Trinajstić information content (AvgIpc) is 3.12. The molecule has 0 aromatic heterocycles. The second kappa shape index (κ2) is 9.87. The van der Waals surface area contributed by atoms with Crippen molar-refractivity contribution in [1.29, 1.82) is 0 Å². The third-order valence-corrected chi connectivity index (χ3v) is 6.94. The molecule has 34 heavy (non-hydrogen) atoms. The highest BCUT2D eigenvalue weighted by Crippen LogP contribution is 2.44. The third kappa shape index (κ3) is 4.79. The van der Waals surface area contributed by atoms with Crippen molar-refractivity contribution in [2.75, 3.05) is 19.7 Å². The van der Waals surface area contributed by atoms with E-state index < -0.39 is 17.5 Å². The molecule has 180 valence electrons. The molecule has 0 bridgehead atoms. The zero-order valence-corrected chi connectivity index (χ0v) is 19.8. The first kappa shape index (κ1) is 23.8. The largest absolute Gasteiger partial charge is 0.481 e.